The molecule has 4 heterocycles. The molecule has 0 radical (unpaired) electrons. The van der Waals surface area contributed by atoms with Crippen LogP contribution in [-0.4, -0.2) is 60.3 Å². The molecule has 0 spiro atoms. The fourth-order valence-corrected chi connectivity index (χ4v) is 5.57. The van der Waals surface area contributed by atoms with Crippen LogP contribution in [0.3, 0.4) is 0 Å². The summed E-state index contributed by atoms with van der Waals surface area (Å²) >= 11 is 0. The van der Waals surface area contributed by atoms with Crippen molar-refractivity contribution in [3.05, 3.63) is 60.3 Å². The second-order valence-corrected chi connectivity index (χ2v) is 11.0. The van der Waals surface area contributed by atoms with Crippen LogP contribution in [0.15, 0.2) is 60.3 Å². The molecular formula is C30H43NO5. The maximum atomic E-state index is 12.7. The largest absolute Gasteiger partial charge is 0.390 e. The number of hydrogen-bond donors (Lipinski definition) is 2. The molecule has 4 rings (SSSR count). The Balaban J connectivity index is 1.40. The van der Waals surface area contributed by atoms with Gasteiger partial charge in [-0.25, -0.2) is 0 Å². The van der Waals surface area contributed by atoms with Crippen LogP contribution < -0.4 is 5.32 Å². The predicted molar refractivity (Wildman–Crippen MR) is 141 cm³/mol. The number of aliphatic hydroxyl groups excluding tert-OH is 1. The highest BCUT2D eigenvalue weighted by molar-refractivity contribution is 5.87. The normalized spacial score (nSPS) is 38.6. The quantitative estimate of drug-likeness (QED) is 0.436. The van der Waals surface area contributed by atoms with Gasteiger partial charge in [-0.3, -0.25) is 4.79 Å². The van der Waals surface area contributed by atoms with E-state index in [-0.39, 0.29) is 42.5 Å². The fraction of sp³-hybridized carbons (Fsp3) is 0.633. The van der Waals surface area contributed by atoms with Crippen LogP contribution in [0.2, 0.25) is 0 Å². The van der Waals surface area contributed by atoms with Gasteiger partial charge < -0.3 is 24.6 Å². The molecule has 6 nitrogen and oxygen atoms in total. The van der Waals surface area contributed by atoms with Crippen molar-refractivity contribution in [1.29, 1.82) is 0 Å². The van der Waals surface area contributed by atoms with Crippen molar-refractivity contribution in [3.63, 3.8) is 0 Å². The molecule has 1 unspecified atom stereocenters. The third-order valence-electron chi connectivity index (χ3n) is 7.46. The van der Waals surface area contributed by atoms with Crippen molar-refractivity contribution >= 4 is 5.91 Å². The SMILES string of the molecule is C=C1C[C@H](C)C[C@@H]2CC=C[C@@H](CC=CC(=O)N[C@H](CC=C[C@@H]3CC(C)=CCO3)C[C@@H]3OC3[C@@H](O)C1)O2. The van der Waals surface area contributed by atoms with E-state index in [2.05, 4.69) is 56.1 Å². The van der Waals surface area contributed by atoms with Gasteiger partial charge in [-0.1, -0.05) is 61.1 Å². The maximum Gasteiger partial charge on any atom is 0.243 e. The number of epoxide rings is 1. The van der Waals surface area contributed by atoms with E-state index in [1.54, 1.807) is 6.08 Å². The predicted octanol–water partition coefficient (Wildman–Crippen LogP) is 4.71. The summed E-state index contributed by atoms with van der Waals surface area (Å²) in [6.45, 7) is 9.23. The van der Waals surface area contributed by atoms with Crippen molar-refractivity contribution in [3.8, 4) is 0 Å². The highest BCUT2D eigenvalue weighted by atomic mass is 16.6. The molecule has 0 saturated carbocycles. The zero-order valence-corrected chi connectivity index (χ0v) is 21.8. The lowest BCUT2D eigenvalue weighted by molar-refractivity contribution is -0.117. The fourth-order valence-electron chi connectivity index (χ4n) is 5.57. The number of ether oxygens (including phenoxy) is 3. The monoisotopic (exact) mass is 497 g/mol. The average Bonchev–Trinajstić information content (AvgIpc) is 3.58. The first kappa shape index (κ1) is 27.1. The Morgan fingerprint density at radius 3 is 2.86 bits per heavy atom. The van der Waals surface area contributed by atoms with Gasteiger partial charge in [-0.05, 0) is 70.3 Å². The van der Waals surface area contributed by atoms with Crippen molar-refractivity contribution in [2.24, 2.45) is 5.92 Å². The molecule has 0 aromatic heterocycles. The minimum absolute atomic E-state index is 0.00346. The smallest absolute Gasteiger partial charge is 0.243 e. The average molecular weight is 498 g/mol. The zero-order valence-electron chi connectivity index (χ0n) is 21.8. The Morgan fingerprint density at radius 2 is 2.03 bits per heavy atom. The summed E-state index contributed by atoms with van der Waals surface area (Å²) in [5.41, 5.74) is 2.40. The van der Waals surface area contributed by atoms with Gasteiger partial charge in [-0.15, -0.1) is 0 Å². The van der Waals surface area contributed by atoms with Gasteiger partial charge in [-0.2, -0.15) is 0 Å². The van der Waals surface area contributed by atoms with Crippen molar-refractivity contribution in [1.82, 2.24) is 5.32 Å². The number of carbonyl (C=O) groups excluding carboxylic acids is 1. The highest BCUT2D eigenvalue weighted by Gasteiger charge is 2.45. The highest BCUT2D eigenvalue weighted by Crippen LogP contribution is 2.34. The molecule has 4 aliphatic rings. The molecule has 4 aliphatic heterocycles. The summed E-state index contributed by atoms with van der Waals surface area (Å²) in [6, 6.07) is -0.0851. The molecule has 198 valence electrons. The molecule has 1 fully saturated rings. The van der Waals surface area contributed by atoms with Crippen molar-refractivity contribution in [2.45, 2.75) is 108 Å². The Morgan fingerprint density at radius 1 is 1.17 bits per heavy atom. The van der Waals surface area contributed by atoms with E-state index >= 15 is 0 Å². The summed E-state index contributed by atoms with van der Waals surface area (Å²) in [5, 5.41) is 13.9. The standard InChI is InChI=1S/C30H43NO5/c1-20-13-14-34-25(16-20)10-4-7-23-19-28-30(36-28)27(32)18-22(3)15-21(2)17-26-11-5-8-24(35-26)9-6-12-29(33)31-23/h4-6,8,10,12-13,21,23-28,30,32H,3,7,9,11,14-19H2,1-2H3,(H,31,33)/t21-,23+,24-,25+,26-,27-,28-,30?/m0/s1. The van der Waals surface area contributed by atoms with E-state index in [0.29, 0.717) is 38.2 Å². The molecule has 0 aliphatic carbocycles. The first-order chi connectivity index (χ1) is 17.4. The molecule has 2 bridgehead atoms. The first-order valence-corrected chi connectivity index (χ1v) is 13.6. The van der Waals surface area contributed by atoms with E-state index in [1.165, 1.54) is 5.57 Å². The topological polar surface area (TPSA) is 80.3 Å². The number of fused-ring (bicyclic) bond motifs is 3. The summed E-state index contributed by atoms with van der Waals surface area (Å²) in [6.07, 6.45) is 19.8. The lowest BCUT2D eigenvalue weighted by Crippen LogP contribution is -2.35. The van der Waals surface area contributed by atoms with Crippen LogP contribution in [0.4, 0.5) is 0 Å². The molecule has 1 saturated heterocycles. The van der Waals surface area contributed by atoms with Crippen LogP contribution in [0.1, 0.15) is 65.2 Å². The Kier molecular flexibility index (Phi) is 9.77. The second kappa shape index (κ2) is 13.0. The maximum absolute atomic E-state index is 12.7. The van der Waals surface area contributed by atoms with Crippen molar-refractivity contribution in [2.75, 3.05) is 6.61 Å². The molecule has 8 atom stereocenters. The van der Waals surface area contributed by atoms with Gasteiger partial charge in [0, 0.05) is 6.04 Å². The zero-order chi connectivity index (χ0) is 25.5. The van der Waals surface area contributed by atoms with E-state index in [1.807, 2.05) is 6.08 Å². The molecule has 6 heteroatoms. The molecule has 2 N–H and O–H groups in total. The van der Waals surface area contributed by atoms with Gasteiger partial charge >= 0.3 is 0 Å². The minimum atomic E-state index is -0.566. The Bertz CT molecular complexity index is 890. The molecule has 1 amide bonds. The van der Waals surface area contributed by atoms with Crippen LogP contribution in [0.5, 0.6) is 0 Å². The van der Waals surface area contributed by atoms with Gasteiger partial charge in [0.2, 0.25) is 5.91 Å². The van der Waals surface area contributed by atoms with Gasteiger partial charge in [0.15, 0.2) is 0 Å². The first-order valence-electron chi connectivity index (χ1n) is 13.6. The molecule has 0 aromatic carbocycles. The van der Waals surface area contributed by atoms with E-state index < -0.39 is 6.10 Å². The van der Waals surface area contributed by atoms with Crippen LogP contribution in [0, 0.1) is 5.92 Å². The molecular weight excluding hydrogens is 454 g/mol. The van der Waals surface area contributed by atoms with Gasteiger partial charge in [0.25, 0.3) is 0 Å². The second-order valence-electron chi connectivity index (χ2n) is 11.0. The lowest BCUT2D eigenvalue weighted by Gasteiger charge is -2.28. The third-order valence-corrected chi connectivity index (χ3v) is 7.46. The van der Waals surface area contributed by atoms with Crippen LogP contribution in [0.25, 0.3) is 0 Å². The van der Waals surface area contributed by atoms with Gasteiger partial charge in [0.05, 0.1) is 37.1 Å². The third kappa shape index (κ3) is 8.55. The number of nitrogens with one attached hydrogen (secondary N) is 1. The summed E-state index contributed by atoms with van der Waals surface area (Å²) in [4.78, 5) is 12.7. The summed E-state index contributed by atoms with van der Waals surface area (Å²) in [7, 11) is 0. The minimum Gasteiger partial charge on any atom is -0.390 e. The van der Waals surface area contributed by atoms with E-state index in [4.69, 9.17) is 14.2 Å². The van der Waals surface area contributed by atoms with Crippen molar-refractivity contribution < 1.29 is 24.1 Å². The number of hydrogen-bond acceptors (Lipinski definition) is 5. The lowest BCUT2D eigenvalue weighted by atomic mass is 9.91. The summed E-state index contributed by atoms with van der Waals surface area (Å²) < 4.78 is 17.9. The number of rotatable bonds is 3. The number of aliphatic hydroxyl groups is 1. The van der Waals surface area contributed by atoms with E-state index in [0.717, 1.165) is 31.3 Å². The van der Waals surface area contributed by atoms with Gasteiger partial charge in [0.1, 0.15) is 6.10 Å². The van der Waals surface area contributed by atoms with Crippen LogP contribution >= 0.6 is 0 Å². The molecule has 36 heavy (non-hydrogen) atoms. The molecule has 0 aromatic rings. The van der Waals surface area contributed by atoms with Crippen LogP contribution in [-0.2, 0) is 19.0 Å². The summed E-state index contributed by atoms with van der Waals surface area (Å²) in [5.74, 6) is 0.319. The Labute approximate surface area is 216 Å². The number of amides is 1. The number of carbonyl (C=O) groups is 1. The van der Waals surface area contributed by atoms with E-state index in [9.17, 15) is 9.90 Å². The Hall–Kier alpha value is -1.99.